The summed E-state index contributed by atoms with van der Waals surface area (Å²) in [5.41, 5.74) is 2.65. The first-order valence-corrected chi connectivity index (χ1v) is 14.7. The standard InChI is InChI=1S/C10H9NO3.C10H10O3.C6H10O.4C2H6/c1-6(12)7-2-3-9-8(4-7)11-10(13)5-14-9;1-7(11)8-3-2-4-9-10(5-8)13-6-12-9;1-4-5(2)6(3)7;4*1-2/h2-4H,5H2,1H3,(H,11,13);3-5H,2,6H2,1H3;4H,1-3H3;4*1-2H3/b;;5-4+;;;;. The molecule has 0 bridgehead atoms. The summed E-state index contributed by atoms with van der Waals surface area (Å²) >= 11 is 0. The summed E-state index contributed by atoms with van der Waals surface area (Å²) in [6.45, 7) is 24.5. The lowest BCUT2D eigenvalue weighted by atomic mass is 10.1. The molecule has 0 saturated carbocycles. The van der Waals surface area contributed by atoms with E-state index in [0.29, 0.717) is 34.8 Å². The Morgan fingerprint density at radius 2 is 1.36 bits per heavy atom. The molecule has 1 saturated heterocycles. The zero-order valence-electron chi connectivity index (χ0n) is 28.0. The monoisotopic (exact) mass is 587 g/mol. The van der Waals surface area contributed by atoms with E-state index in [-0.39, 0.29) is 36.7 Å². The van der Waals surface area contributed by atoms with Crippen LogP contribution in [0, 0.1) is 0 Å². The van der Waals surface area contributed by atoms with E-state index in [1.54, 1.807) is 38.1 Å². The maximum Gasteiger partial charge on any atom is 0.262 e. The summed E-state index contributed by atoms with van der Waals surface area (Å²) in [5.74, 6) is 1.99. The molecule has 0 unspecified atom stereocenters. The molecule has 8 heteroatoms. The van der Waals surface area contributed by atoms with Crippen LogP contribution in [-0.4, -0.2) is 36.7 Å². The Kier molecular flexibility index (Phi) is 26.3. The molecule has 1 fully saturated rings. The van der Waals surface area contributed by atoms with Gasteiger partial charge in [-0.25, -0.2) is 0 Å². The van der Waals surface area contributed by atoms with E-state index in [0.717, 1.165) is 11.3 Å². The molecule has 1 N–H and O–H groups in total. The molecule has 1 amide bonds. The van der Waals surface area contributed by atoms with E-state index in [9.17, 15) is 19.2 Å². The van der Waals surface area contributed by atoms with E-state index in [1.165, 1.54) is 6.92 Å². The predicted molar refractivity (Wildman–Crippen MR) is 173 cm³/mol. The highest BCUT2D eigenvalue weighted by Crippen LogP contribution is 2.28. The van der Waals surface area contributed by atoms with Gasteiger partial charge in [0.2, 0.25) is 6.79 Å². The van der Waals surface area contributed by atoms with Gasteiger partial charge in [0.1, 0.15) is 5.75 Å². The van der Waals surface area contributed by atoms with E-state index in [2.05, 4.69) is 5.32 Å². The number of anilines is 1. The van der Waals surface area contributed by atoms with Crippen LogP contribution in [0.4, 0.5) is 5.69 Å². The smallest absolute Gasteiger partial charge is 0.262 e. The minimum Gasteiger partial charge on any atom is -0.482 e. The lowest BCUT2D eigenvalue weighted by Gasteiger charge is -2.17. The number of nitrogens with one attached hydrogen (secondary N) is 1. The molecule has 0 aromatic heterocycles. The van der Waals surface area contributed by atoms with Gasteiger partial charge >= 0.3 is 0 Å². The highest BCUT2D eigenvalue weighted by atomic mass is 16.7. The fourth-order valence-electron chi connectivity index (χ4n) is 2.81. The van der Waals surface area contributed by atoms with Crippen molar-refractivity contribution in [2.24, 2.45) is 0 Å². The maximum atomic E-state index is 11.1. The number of amides is 1. The number of carbonyl (C=O) groups excluding carboxylic acids is 4. The largest absolute Gasteiger partial charge is 0.482 e. The van der Waals surface area contributed by atoms with Gasteiger partial charge in [-0.1, -0.05) is 67.5 Å². The highest BCUT2D eigenvalue weighted by Gasteiger charge is 2.19. The number of hydrogen-bond acceptors (Lipinski definition) is 7. The molecule has 0 radical (unpaired) electrons. The molecule has 1 aromatic carbocycles. The number of Topliss-reactive ketones (excluding diaryl/α,β-unsaturated/α-hetero) is 3. The van der Waals surface area contributed by atoms with Crippen molar-refractivity contribution in [1.29, 1.82) is 0 Å². The second-order valence-electron chi connectivity index (χ2n) is 7.57. The molecule has 42 heavy (non-hydrogen) atoms. The minimum absolute atomic E-state index is 0.0341. The first-order chi connectivity index (χ1) is 20.1. The Morgan fingerprint density at radius 3 is 1.83 bits per heavy atom. The Balaban J connectivity index is -0.000000503. The van der Waals surface area contributed by atoms with Crippen LogP contribution < -0.4 is 10.1 Å². The van der Waals surface area contributed by atoms with Gasteiger partial charge in [-0.3, -0.25) is 19.2 Å². The second kappa shape index (κ2) is 26.0. The van der Waals surface area contributed by atoms with Crippen LogP contribution in [0.15, 0.2) is 65.2 Å². The number of rotatable bonds is 3. The molecule has 2 heterocycles. The quantitative estimate of drug-likeness (QED) is 0.279. The minimum atomic E-state index is -0.196. The summed E-state index contributed by atoms with van der Waals surface area (Å²) in [4.78, 5) is 43.5. The SMILES string of the molecule is C/C=C(\C)C(C)=O.CC.CC.CC.CC.CC(=O)C1=CCC=C2OCOC2=C1.CC(=O)c1ccc2c(c1)NC(=O)CO2. The van der Waals surface area contributed by atoms with Gasteiger partial charge in [-0.2, -0.15) is 0 Å². The molecule has 236 valence electrons. The first kappa shape index (κ1) is 42.5. The van der Waals surface area contributed by atoms with Crippen molar-refractivity contribution in [2.75, 3.05) is 18.7 Å². The van der Waals surface area contributed by atoms with Gasteiger partial charge in [-0.05, 0) is 77.0 Å². The number of carbonyl (C=O) groups is 4. The van der Waals surface area contributed by atoms with Crippen LogP contribution in [0.3, 0.4) is 0 Å². The fourth-order valence-corrected chi connectivity index (χ4v) is 2.81. The summed E-state index contributed by atoms with van der Waals surface area (Å²) < 4.78 is 15.5. The predicted octanol–water partition coefficient (Wildman–Crippen LogP) is 8.54. The van der Waals surface area contributed by atoms with Gasteiger partial charge in [0.25, 0.3) is 5.91 Å². The molecule has 8 nitrogen and oxygen atoms in total. The molecular formula is C34H53NO7. The van der Waals surface area contributed by atoms with Crippen molar-refractivity contribution in [3.8, 4) is 5.75 Å². The number of fused-ring (bicyclic) bond motifs is 2. The number of benzene rings is 1. The Hall–Kier alpha value is -3.94. The zero-order valence-corrected chi connectivity index (χ0v) is 28.0. The molecule has 4 rings (SSSR count). The lowest BCUT2D eigenvalue weighted by Crippen LogP contribution is -2.25. The van der Waals surface area contributed by atoms with E-state index < -0.39 is 0 Å². The third-order valence-corrected chi connectivity index (χ3v) is 5.01. The highest BCUT2D eigenvalue weighted by molar-refractivity contribution is 5.99. The van der Waals surface area contributed by atoms with E-state index in [4.69, 9.17) is 14.2 Å². The van der Waals surface area contributed by atoms with Crippen molar-refractivity contribution < 1.29 is 33.4 Å². The third kappa shape index (κ3) is 16.4. The average Bonchev–Trinajstić information content (AvgIpc) is 3.36. The molecule has 0 spiro atoms. The van der Waals surface area contributed by atoms with Crippen molar-refractivity contribution in [3.05, 3.63) is 70.7 Å². The number of allylic oxidation sites excluding steroid dienone is 6. The Bertz CT molecular complexity index is 1110. The van der Waals surface area contributed by atoms with Crippen LogP contribution in [0.5, 0.6) is 5.75 Å². The first-order valence-electron chi connectivity index (χ1n) is 14.7. The summed E-state index contributed by atoms with van der Waals surface area (Å²) in [6, 6.07) is 4.98. The third-order valence-electron chi connectivity index (χ3n) is 5.01. The van der Waals surface area contributed by atoms with Crippen molar-refractivity contribution in [1.82, 2.24) is 0 Å². The molecule has 0 atom stereocenters. The van der Waals surface area contributed by atoms with Crippen LogP contribution in [0.25, 0.3) is 0 Å². The van der Waals surface area contributed by atoms with Crippen molar-refractivity contribution >= 4 is 28.9 Å². The number of ketones is 3. The van der Waals surface area contributed by atoms with Gasteiger partial charge in [0.15, 0.2) is 35.5 Å². The van der Waals surface area contributed by atoms with Crippen LogP contribution in [0.2, 0.25) is 0 Å². The second-order valence-corrected chi connectivity index (χ2v) is 7.57. The van der Waals surface area contributed by atoms with Crippen LogP contribution in [0.1, 0.15) is 107 Å². The van der Waals surface area contributed by atoms with E-state index in [1.807, 2.05) is 87.5 Å². The molecule has 3 aliphatic rings. The Morgan fingerprint density at radius 1 is 0.786 bits per heavy atom. The molecule has 1 aliphatic carbocycles. The van der Waals surface area contributed by atoms with Crippen LogP contribution in [-0.2, 0) is 23.9 Å². The summed E-state index contributed by atoms with van der Waals surface area (Å²) in [7, 11) is 0. The fraction of sp³-hybridized carbons (Fsp3) is 0.471. The van der Waals surface area contributed by atoms with Gasteiger partial charge < -0.3 is 19.5 Å². The number of ether oxygens (including phenoxy) is 3. The Labute approximate surface area is 253 Å². The van der Waals surface area contributed by atoms with Crippen LogP contribution >= 0.6 is 0 Å². The topological polar surface area (TPSA) is 108 Å². The number of hydrogen-bond donors (Lipinski definition) is 1. The molecule has 1 aromatic rings. The van der Waals surface area contributed by atoms with Gasteiger partial charge in [0.05, 0.1) is 5.69 Å². The van der Waals surface area contributed by atoms with Gasteiger partial charge in [-0.15, -0.1) is 0 Å². The average molecular weight is 588 g/mol. The normalized spacial score (nSPS) is 13.3. The molecular weight excluding hydrogens is 534 g/mol. The van der Waals surface area contributed by atoms with Crippen molar-refractivity contribution in [3.63, 3.8) is 0 Å². The maximum absolute atomic E-state index is 11.1. The summed E-state index contributed by atoms with van der Waals surface area (Å²) in [5, 5.41) is 2.64. The van der Waals surface area contributed by atoms with Crippen molar-refractivity contribution in [2.45, 2.75) is 96.4 Å². The summed E-state index contributed by atoms with van der Waals surface area (Å²) in [6.07, 6.45) is 8.03. The van der Waals surface area contributed by atoms with E-state index >= 15 is 0 Å². The lowest BCUT2D eigenvalue weighted by molar-refractivity contribution is -0.118. The zero-order chi connectivity index (χ0) is 33.3. The molecule has 2 aliphatic heterocycles. The van der Waals surface area contributed by atoms with Gasteiger partial charge in [0, 0.05) is 11.1 Å².